The summed E-state index contributed by atoms with van der Waals surface area (Å²) in [5.41, 5.74) is 6.60. The predicted octanol–water partition coefficient (Wildman–Crippen LogP) is 1.21. The van der Waals surface area contributed by atoms with Gasteiger partial charge in [0.2, 0.25) is 0 Å². The summed E-state index contributed by atoms with van der Waals surface area (Å²) >= 11 is 1.59. The van der Waals surface area contributed by atoms with Crippen molar-refractivity contribution in [3.8, 4) is 0 Å². The van der Waals surface area contributed by atoms with E-state index in [1.165, 1.54) is 0 Å². The Bertz CT molecular complexity index is 348. The van der Waals surface area contributed by atoms with Crippen molar-refractivity contribution in [1.82, 2.24) is 0 Å². The Morgan fingerprint density at radius 3 is 2.93 bits per heavy atom. The molecule has 3 nitrogen and oxygen atoms in total. The maximum absolute atomic E-state index is 12.0. The van der Waals surface area contributed by atoms with E-state index in [1.54, 1.807) is 11.3 Å². The molecule has 1 aromatic heterocycles. The summed E-state index contributed by atoms with van der Waals surface area (Å²) in [6.45, 7) is 2.92. The molecule has 2 rings (SSSR count). The van der Waals surface area contributed by atoms with E-state index in [9.17, 15) is 4.79 Å². The molecule has 1 fully saturated rings. The Labute approximate surface area is 86.9 Å². The fourth-order valence-electron chi connectivity index (χ4n) is 1.68. The molecule has 1 saturated heterocycles. The maximum Gasteiger partial charge on any atom is 0.171 e. The highest BCUT2D eigenvalue weighted by atomic mass is 32.1. The molecule has 0 bridgehead atoms. The predicted molar refractivity (Wildman–Crippen MR) is 55.7 cm³/mol. The second kappa shape index (κ2) is 3.81. The quantitative estimate of drug-likeness (QED) is 0.748. The average molecular weight is 211 g/mol. The summed E-state index contributed by atoms with van der Waals surface area (Å²) in [6.07, 6.45) is 0. The first-order chi connectivity index (χ1) is 6.70. The number of hydrogen-bond donors (Lipinski definition) is 1. The molecule has 2 atom stereocenters. The molecule has 0 spiro atoms. The number of carbonyl (C=O) groups is 1. The average Bonchev–Trinajstić information content (AvgIpc) is 2.73. The van der Waals surface area contributed by atoms with E-state index in [-0.39, 0.29) is 17.7 Å². The van der Waals surface area contributed by atoms with Gasteiger partial charge in [-0.3, -0.25) is 4.79 Å². The molecule has 2 unspecified atom stereocenters. The number of ether oxygens (including phenoxy) is 1. The Morgan fingerprint density at radius 1 is 1.64 bits per heavy atom. The lowest BCUT2D eigenvalue weighted by Crippen LogP contribution is -2.34. The summed E-state index contributed by atoms with van der Waals surface area (Å²) in [5, 5.41) is 1.93. The molecule has 0 aliphatic carbocycles. The Kier molecular flexibility index (Phi) is 2.67. The lowest BCUT2D eigenvalue weighted by molar-refractivity contribution is 0.0896. The number of hydrogen-bond acceptors (Lipinski definition) is 4. The highest BCUT2D eigenvalue weighted by Gasteiger charge is 2.32. The van der Waals surface area contributed by atoms with Gasteiger partial charge in [-0.15, -0.1) is 11.3 Å². The molecule has 76 valence electrons. The summed E-state index contributed by atoms with van der Waals surface area (Å²) in [7, 11) is 0. The number of ketones is 1. The smallest absolute Gasteiger partial charge is 0.171 e. The molecule has 1 aliphatic rings. The first-order valence-electron chi connectivity index (χ1n) is 4.62. The third kappa shape index (κ3) is 1.61. The number of aryl methyl sites for hydroxylation is 1. The van der Waals surface area contributed by atoms with Gasteiger partial charge in [0.1, 0.15) is 0 Å². The molecule has 14 heavy (non-hydrogen) atoms. The molecular formula is C10H13NO2S. The van der Waals surface area contributed by atoms with E-state index in [0.29, 0.717) is 13.2 Å². The summed E-state index contributed by atoms with van der Waals surface area (Å²) < 4.78 is 5.19. The topological polar surface area (TPSA) is 52.3 Å². The van der Waals surface area contributed by atoms with Crippen LogP contribution in [0.25, 0.3) is 0 Å². The monoisotopic (exact) mass is 211 g/mol. The van der Waals surface area contributed by atoms with Gasteiger partial charge in [-0.05, 0) is 18.4 Å². The standard InChI is InChI=1S/C10H13NO2S/c1-6-7(2-3-14-6)10(12)8-4-13-5-9(8)11/h2-3,8-9H,4-5,11H2,1H3. The van der Waals surface area contributed by atoms with Crippen LogP contribution in [0.5, 0.6) is 0 Å². The van der Waals surface area contributed by atoms with Gasteiger partial charge in [0, 0.05) is 16.5 Å². The van der Waals surface area contributed by atoms with Crippen LogP contribution >= 0.6 is 11.3 Å². The first-order valence-corrected chi connectivity index (χ1v) is 5.49. The van der Waals surface area contributed by atoms with Gasteiger partial charge in [-0.2, -0.15) is 0 Å². The summed E-state index contributed by atoms with van der Waals surface area (Å²) in [6, 6.07) is 1.73. The Morgan fingerprint density at radius 2 is 2.43 bits per heavy atom. The number of rotatable bonds is 2. The third-order valence-corrected chi connectivity index (χ3v) is 3.43. The van der Waals surface area contributed by atoms with Crippen LogP contribution in [0.3, 0.4) is 0 Å². The van der Waals surface area contributed by atoms with Crippen molar-refractivity contribution >= 4 is 17.1 Å². The molecule has 0 aromatic carbocycles. The van der Waals surface area contributed by atoms with Crippen LogP contribution < -0.4 is 5.73 Å². The van der Waals surface area contributed by atoms with Crippen molar-refractivity contribution < 1.29 is 9.53 Å². The van der Waals surface area contributed by atoms with Crippen LogP contribution in [0.1, 0.15) is 15.2 Å². The van der Waals surface area contributed by atoms with Gasteiger partial charge in [-0.25, -0.2) is 0 Å². The van der Waals surface area contributed by atoms with Crippen LogP contribution in [0.4, 0.5) is 0 Å². The highest BCUT2D eigenvalue weighted by Crippen LogP contribution is 2.22. The SMILES string of the molecule is Cc1sccc1C(=O)C1COCC1N. The molecule has 2 heterocycles. The van der Waals surface area contributed by atoms with Crippen LogP contribution in [0, 0.1) is 12.8 Å². The molecule has 0 radical (unpaired) electrons. The highest BCUT2D eigenvalue weighted by molar-refractivity contribution is 7.10. The number of carbonyl (C=O) groups excluding carboxylic acids is 1. The summed E-state index contributed by atoms with van der Waals surface area (Å²) in [4.78, 5) is 13.0. The number of nitrogens with two attached hydrogens (primary N) is 1. The number of Topliss-reactive ketones (excluding diaryl/α,β-unsaturated/α-hetero) is 1. The molecule has 1 aliphatic heterocycles. The lowest BCUT2D eigenvalue weighted by atomic mass is 9.94. The van der Waals surface area contributed by atoms with Gasteiger partial charge in [0.05, 0.1) is 19.1 Å². The minimum Gasteiger partial charge on any atom is -0.379 e. The van der Waals surface area contributed by atoms with Gasteiger partial charge in [-0.1, -0.05) is 0 Å². The molecule has 2 N–H and O–H groups in total. The van der Waals surface area contributed by atoms with E-state index >= 15 is 0 Å². The van der Waals surface area contributed by atoms with Crippen molar-refractivity contribution in [3.63, 3.8) is 0 Å². The Balaban J connectivity index is 2.20. The lowest BCUT2D eigenvalue weighted by Gasteiger charge is -2.11. The molecular weight excluding hydrogens is 198 g/mol. The van der Waals surface area contributed by atoms with E-state index in [1.807, 2.05) is 18.4 Å². The molecule has 4 heteroatoms. The fraction of sp³-hybridized carbons (Fsp3) is 0.500. The van der Waals surface area contributed by atoms with Gasteiger partial charge >= 0.3 is 0 Å². The summed E-state index contributed by atoms with van der Waals surface area (Å²) in [5.74, 6) is -0.0166. The van der Waals surface area contributed by atoms with E-state index in [0.717, 1.165) is 10.4 Å². The van der Waals surface area contributed by atoms with E-state index in [2.05, 4.69) is 0 Å². The van der Waals surface area contributed by atoms with Crippen LogP contribution in [-0.2, 0) is 4.74 Å². The second-order valence-corrected chi connectivity index (χ2v) is 4.68. The normalized spacial score (nSPS) is 26.7. The Hall–Kier alpha value is -0.710. The second-order valence-electron chi connectivity index (χ2n) is 3.56. The third-order valence-electron chi connectivity index (χ3n) is 2.59. The van der Waals surface area contributed by atoms with Crippen molar-refractivity contribution in [2.75, 3.05) is 13.2 Å². The van der Waals surface area contributed by atoms with E-state index < -0.39 is 0 Å². The molecule has 1 aromatic rings. The zero-order valence-corrected chi connectivity index (χ0v) is 8.84. The van der Waals surface area contributed by atoms with Gasteiger partial charge < -0.3 is 10.5 Å². The van der Waals surface area contributed by atoms with Crippen LogP contribution in [0.2, 0.25) is 0 Å². The van der Waals surface area contributed by atoms with E-state index in [4.69, 9.17) is 10.5 Å². The van der Waals surface area contributed by atoms with Crippen molar-refractivity contribution in [1.29, 1.82) is 0 Å². The molecule has 0 amide bonds. The minimum absolute atomic E-state index is 0.133. The number of thiophene rings is 1. The van der Waals surface area contributed by atoms with Crippen molar-refractivity contribution in [2.45, 2.75) is 13.0 Å². The first kappa shape index (κ1) is 9.83. The van der Waals surface area contributed by atoms with Gasteiger partial charge in [0.15, 0.2) is 5.78 Å². The van der Waals surface area contributed by atoms with Gasteiger partial charge in [0.25, 0.3) is 0 Å². The zero-order valence-electron chi connectivity index (χ0n) is 8.03. The minimum atomic E-state index is -0.150. The largest absolute Gasteiger partial charge is 0.379 e. The van der Waals surface area contributed by atoms with Crippen LogP contribution in [-0.4, -0.2) is 25.0 Å². The van der Waals surface area contributed by atoms with Crippen LogP contribution in [0.15, 0.2) is 11.4 Å². The van der Waals surface area contributed by atoms with Crippen molar-refractivity contribution in [2.24, 2.45) is 11.7 Å². The zero-order chi connectivity index (χ0) is 10.1. The fourth-order valence-corrected chi connectivity index (χ4v) is 2.39. The maximum atomic E-state index is 12.0. The molecule has 0 saturated carbocycles. The van der Waals surface area contributed by atoms with Crippen molar-refractivity contribution in [3.05, 3.63) is 21.9 Å².